The minimum absolute atomic E-state index is 0.129. The Morgan fingerprint density at radius 1 is 1.20 bits per heavy atom. The highest BCUT2D eigenvalue weighted by Crippen LogP contribution is 2.29. The van der Waals surface area contributed by atoms with Gasteiger partial charge in [-0.05, 0) is 37.6 Å². The number of hydrogen-bond acceptors (Lipinski definition) is 4. The first-order valence-electron chi connectivity index (χ1n) is 6.73. The zero-order valence-corrected chi connectivity index (χ0v) is 11.6. The Morgan fingerprint density at radius 2 is 2.05 bits per heavy atom. The third-order valence-corrected chi connectivity index (χ3v) is 3.49. The molecule has 20 heavy (non-hydrogen) atoms. The Balaban J connectivity index is 1.79. The van der Waals surface area contributed by atoms with E-state index in [2.05, 4.69) is 35.4 Å². The van der Waals surface area contributed by atoms with Crippen molar-refractivity contribution in [3.8, 4) is 0 Å². The summed E-state index contributed by atoms with van der Waals surface area (Å²) in [4.78, 5) is 0. The molecule has 3 rings (SSSR count). The van der Waals surface area contributed by atoms with Crippen molar-refractivity contribution in [2.24, 2.45) is 0 Å². The normalized spacial score (nSPS) is 12.7. The lowest BCUT2D eigenvalue weighted by Gasteiger charge is -2.11. The molecule has 0 radical (unpaired) electrons. The first kappa shape index (κ1) is 12.8. The van der Waals surface area contributed by atoms with Crippen LogP contribution in [0.5, 0.6) is 0 Å². The van der Waals surface area contributed by atoms with Gasteiger partial charge in [-0.15, -0.1) is 0 Å². The summed E-state index contributed by atoms with van der Waals surface area (Å²) in [5.41, 5.74) is 3.06. The maximum atomic E-state index is 5.95. The van der Waals surface area contributed by atoms with Gasteiger partial charge in [0.15, 0.2) is 0 Å². The summed E-state index contributed by atoms with van der Waals surface area (Å²) in [7, 11) is 0. The van der Waals surface area contributed by atoms with E-state index in [0.717, 1.165) is 17.0 Å². The zero-order chi connectivity index (χ0) is 13.9. The van der Waals surface area contributed by atoms with Crippen LogP contribution in [0.4, 0.5) is 0 Å². The van der Waals surface area contributed by atoms with Gasteiger partial charge < -0.3 is 9.73 Å². The summed E-state index contributed by atoms with van der Waals surface area (Å²) in [6.07, 6.45) is 1.68. The van der Waals surface area contributed by atoms with Gasteiger partial charge in [0.2, 0.25) is 0 Å². The molecule has 0 aliphatic carbocycles. The van der Waals surface area contributed by atoms with E-state index in [1.54, 1.807) is 6.20 Å². The van der Waals surface area contributed by atoms with Crippen molar-refractivity contribution in [3.05, 3.63) is 59.6 Å². The first-order chi connectivity index (χ1) is 9.75. The second kappa shape index (κ2) is 5.43. The van der Waals surface area contributed by atoms with Gasteiger partial charge in [-0.1, -0.05) is 18.2 Å². The van der Waals surface area contributed by atoms with Gasteiger partial charge in [0.1, 0.15) is 11.3 Å². The summed E-state index contributed by atoms with van der Waals surface area (Å²) in [5.74, 6) is 0.982. The molecule has 2 aromatic heterocycles. The average molecular weight is 267 g/mol. The van der Waals surface area contributed by atoms with Crippen molar-refractivity contribution in [3.63, 3.8) is 0 Å². The van der Waals surface area contributed by atoms with Gasteiger partial charge in [0, 0.05) is 18.1 Å². The van der Waals surface area contributed by atoms with E-state index in [-0.39, 0.29) is 6.04 Å². The number of aryl methyl sites for hydroxylation is 1. The molecule has 1 unspecified atom stereocenters. The van der Waals surface area contributed by atoms with Crippen LogP contribution in [0, 0.1) is 6.92 Å². The van der Waals surface area contributed by atoms with E-state index in [1.165, 1.54) is 10.9 Å². The molecule has 0 bridgehead atoms. The highest BCUT2D eigenvalue weighted by atomic mass is 16.3. The summed E-state index contributed by atoms with van der Waals surface area (Å²) in [5, 5.41) is 12.5. The van der Waals surface area contributed by atoms with Crippen LogP contribution >= 0.6 is 0 Å². The lowest BCUT2D eigenvalue weighted by atomic mass is 10.1. The highest BCUT2D eigenvalue weighted by Gasteiger charge is 2.15. The molecule has 0 saturated heterocycles. The second-order valence-corrected chi connectivity index (χ2v) is 4.91. The molecule has 4 nitrogen and oxygen atoms in total. The molecular formula is C16H17N3O. The fourth-order valence-electron chi connectivity index (χ4n) is 2.38. The van der Waals surface area contributed by atoms with Crippen LogP contribution in [-0.4, -0.2) is 10.2 Å². The molecule has 2 heterocycles. The van der Waals surface area contributed by atoms with E-state index in [0.29, 0.717) is 6.54 Å². The lowest BCUT2D eigenvalue weighted by Crippen LogP contribution is -2.19. The van der Waals surface area contributed by atoms with E-state index in [1.807, 2.05) is 30.3 Å². The molecule has 1 aromatic carbocycles. The molecule has 1 atom stereocenters. The van der Waals surface area contributed by atoms with Crippen LogP contribution in [0.2, 0.25) is 0 Å². The van der Waals surface area contributed by atoms with Gasteiger partial charge in [0.05, 0.1) is 11.7 Å². The fraction of sp³-hybridized carbons (Fsp3) is 0.250. The number of aromatic nitrogens is 2. The second-order valence-electron chi connectivity index (χ2n) is 4.91. The molecule has 0 amide bonds. The summed E-state index contributed by atoms with van der Waals surface area (Å²) in [6.45, 7) is 4.87. The summed E-state index contributed by atoms with van der Waals surface area (Å²) in [6, 6.07) is 12.1. The number of nitrogens with one attached hydrogen (secondary N) is 1. The predicted octanol–water partition coefficient (Wildman–Crippen LogP) is 3.38. The van der Waals surface area contributed by atoms with Gasteiger partial charge in [-0.2, -0.15) is 10.2 Å². The van der Waals surface area contributed by atoms with Crippen LogP contribution in [-0.2, 0) is 6.54 Å². The Hall–Kier alpha value is -2.20. The molecular weight excluding hydrogens is 250 g/mol. The van der Waals surface area contributed by atoms with Gasteiger partial charge >= 0.3 is 0 Å². The number of hydrogen-bond donors (Lipinski definition) is 1. The predicted molar refractivity (Wildman–Crippen MR) is 78.2 cm³/mol. The Labute approximate surface area is 117 Å². The molecule has 1 N–H and O–H groups in total. The molecule has 0 fully saturated rings. The van der Waals surface area contributed by atoms with E-state index >= 15 is 0 Å². The maximum absolute atomic E-state index is 5.95. The Bertz CT molecular complexity index is 706. The fourth-order valence-corrected chi connectivity index (χ4v) is 2.38. The lowest BCUT2D eigenvalue weighted by molar-refractivity contribution is 0.445. The number of benzene rings is 1. The van der Waals surface area contributed by atoms with Crippen LogP contribution in [0.15, 0.2) is 47.0 Å². The first-order valence-corrected chi connectivity index (χ1v) is 6.73. The van der Waals surface area contributed by atoms with Gasteiger partial charge in [0.25, 0.3) is 0 Å². The molecule has 0 saturated carbocycles. The summed E-state index contributed by atoms with van der Waals surface area (Å²) < 4.78 is 5.95. The van der Waals surface area contributed by atoms with Crippen molar-refractivity contribution in [2.45, 2.75) is 26.4 Å². The molecule has 4 heteroatoms. The molecule has 0 spiro atoms. The van der Waals surface area contributed by atoms with E-state index in [4.69, 9.17) is 4.42 Å². The van der Waals surface area contributed by atoms with Gasteiger partial charge in [-0.25, -0.2) is 0 Å². The summed E-state index contributed by atoms with van der Waals surface area (Å²) >= 11 is 0. The average Bonchev–Trinajstić information content (AvgIpc) is 2.84. The smallest absolute Gasteiger partial charge is 0.134 e. The third-order valence-electron chi connectivity index (χ3n) is 3.49. The SMILES string of the molecule is Cc1c(C(C)NCc2cccnn2)oc2ccccc12. The van der Waals surface area contributed by atoms with Gasteiger partial charge in [-0.3, -0.25) is 0 Å². The molecule has 3 aromatic rings. The molecule has 102 valence electrons. The van der Waals surface area contributed by atoms with Crippen molar-refractivity contribution >= 4 is 11.0 Å². The largest absolute Gasteiger partial charge is 0.459 e. The number of furan rings is 1. The molecule has 0 aliphatic rings. The van der Waals surface area contributed by atoms with Crippen molar-refractivity contribution in [1.82, 2.24) is 15.5 Å². The third kappa shape index (κ3) is 2.42. The minimum Gasteiger partial charge on any atom is -0.459 e. The van der Waals surface area contributed by atoms with Crippen molar-refractivity contribution in [1.29, 1.82) is 0 Å². The zero-order valence-electron chi connectivity index (χ0n) is 11.6. The minimum atomic E-state index is 0.129. The standard InChI is InChI=1S/C16H17N3O/c1-11-14-7-3-4-8-15(14)20-16(11)12(2)17-10-13-6-5-9-18-19-13/h3-9,12,17H,10H2,1-2H3. The van der Waals surface area contributed by atoms with Crippen LogP contribution < -0.4 is 5.32 Å². The number of fused-ring (bicyclic) bond motifs is 1. The van der Waals surface area contributed by atoms with E-state index in [9.17, 15) is 0 Å². The van der Waals surface area contributed by atoms with Crippen molar-refractivity contribution < 1.29 is 4.42 Å². The topological polar surface area (TPSA) is 51.0 Å². The van der Waals surface area contributed by atoms with Crippen LogP contribution in [0.25, 0.3) is 11.0 Å². The Kier molecular flexibility index (Phi) is 3.48. The number of nitrogens with zero attached hydrogens (tertiary/aromatic N) is 2. The number of rotatable bonds is 4. The maximum Gasteiger partial charge on any atom is 0.134 e. The van der Waals surface area contributed by atoms with Crippen LogP contribution in [0.1, 0.15) is 30.0 Å². The number of para-hydroxylation sites is 1. The quantitative estimate of drug-likeness (QED) is 0.787. The van der Waals surface area contributed by atoms with E-state index < -0.39 is 0 Å². The van der Waals surface area contributed by atoms with Crippen LogP contribution in [0.3, 0.4) is 0 Å². The monoisotopic (exact) mass is 267 g/mol. The highest BCUT2D eigenvalue weighted by molar-refractivity contribution is 5.82. The molecule has 0 aliphatic heterocycles. The van der Waals surface area contributed by atoms with Crippen molar-refractivity contribution in [2.75, 3.05) is 0 Å². The Morgan fingerprint density at radius 3 is 2.80 bits per heavy atom.